The minimum Gasteiger partial charge on any atom is -0.494 e. The molecular weight excluding hydrogens is 472 g/mol. The molecule has 1 amide bonds. The van der Waals surface area contributed by atoms with E-state index < -0.39 is 5.91 Å². The highest BCUT2D eigenvalue weighted by molar-refractivity contribution is 6.02. The number of carbonyl (C=O) groups is 1. The van der Waals surface area contributed by atoms with Crippen molar-refractivity contribution >= 4 is 12.0 Å². The first-order valence-corrected chi connectivity index (χ1v) is 12.9. The van der Waals surface area contributed by atoms with Crippen molar-refractivity contribution in [2.75, 3.05) is 6.61 Å². The zero-order valence-corrected chi connectivity index (χ0v) is 22.0. The molecule has 1 atom stereocenters. The molecule has 0 bridgehead atoms. The van der Waals surface area contributed by atoms with E-state index in [0.717, 1.165) is 41.0 Å². The molecule has 0 fully saturated rings. The third-order valence-corrected chi connectivity index (χ3v) is 6.29. The van der Waals surface area contributed by atoms with Crippen molar-refractivity contribution in [2.45, 2.75) is 39.7 Å². The molecule has 6 nitrogen and oxygen atoms in total. The van der Waals surface area contributed by atoms with E-state index in [0.29, 0.717) is 17.9 Å². The molecule has 4 rings (SSSR count). The molecule has 0 aliphatic heterocycles. The lowest BCUT2D eigenvalue weighted by atomic mass is 10.0. The second-order valence-corrected chi connectivity index (χ2v) is 9.17. The summed E-state index contributed by atoms with van der Waals surface area (Å²) in [6.07, 6.45) is 5.53. The Morgan fingerprint density at radius 2 is 1.82 bits per heavy atom. The number of rotatable bonds is 10. The lowest BCUT2D eigenvalue weighted by Crippen LogP contribution is -2.27. The van der Waals surface area contributed by atoms with E-state index >= 15 is 0 Å². The topological polar surface area (TPSA) is 79.9 Å². The van der Waals surface area contributed by atoms with Crippen LogP contribution in [-0.4, -0.2) is 22.3 Å². The van der Waals surface area contributed by atoms with Gasteiger partial charge in [-0.2, -0.15) is 10.4 Å². The Balaban J connectivity index is 1.70. The number of ether oxygens (including phenoxy) is 1. The highest BCUT2D eigenvalue weighted by Gasteiger charge is 2.18. The van der Waals surface area contributed by atoms with Crippen molar-refractivity contribution in [1.29, 1.82) is 5.26 Å². The smallest absolute Gasteiger partial charge is 0.262 e. The fourth-order valence-electron chi connectivity index (χ4n) is 4.14. The van der Waals surface area contributed by atoms with Gasteiger partial charge in [-0.25, -0.2) is 4.68 Å². The molecule has 192 valence electrons. The second kappa shape index (κ2) is 12.6. The van der Waals surface area contributed by atoms with Gasteiger partial charge in [-0.05, 0) is 67.8 Å². The van der Waals surface area contributed by atoms with E-state index in [-0.39, 0.29) is 11.6 Å². The molecule has 38 heavy (non-hydrogen) atoms. The minimum atomic E-state index is -0.432. The van der Waals surface area contributed by atoms with E-state index in [1.165, 1.54) is 0 Å². The zero-order chi connectivity index (χ0) is 26.9. The normalized spacial score (nSPS) is 12.0. The Hall–Kier alpha value is -4.63. The number of nitriles is 1. The molecule has 1 heterocycles. The predicted molar refractivity (Wildman–Crippen MR) is 151 cm³/mol. The van der Waals surface area contributed by atoms with Crippen molar-refractivity contribution in [3.05, 3.63) is 107 Å². The lowest BCUT2D eigenvalue weighted by Gasteiger charge is -2.13. The lowest BCUT2D eigenvalue weighted by molar-refractivity contribution is -0.117. The largest absolute Gasteiger partial charge is 0.494 e. The van der Waals surface area contributed by atoms with Crippen LogP contribution in [0.4, 0.5) is 0 Å². The van der Waals surface area contributed by atoms with Gasteiger partial charge < -0.3 is 10.1 Å². The van der Waals surface area contributed by atoms with Gasteiger partial charge in [0.2, 0.25) is 0 Å². The predicted octanol–water partition coefficient (Wildman–Crippen LogP) is 6.81. The van der Waals surface area contributed by atoms with Crippen LogP contribution in [0.15, 0.2) is 90.6 Å². The van der Waals surface area contributed by atoms with Crippen molar-refractivity contribution in [3.63, 3.8) is 0 Å². The highest BCUT2D eigenvalue weighted by Crippen LogP contribution is 2.31. The van der Waals surface area contributed by atoms with Gasteiger partial charge in [0.05, 0.1) is 18.3 Å². The number of nitrogens with one attached hydrogen (secondary N) is 1. The van der Waals surface area contributed by atoms with Crippen LogP contribution in [0.5, 0.6) is 5.75 Å². The van der Waals surface area contributed by atoms with E-state index in [9.17, 15) is 10.1 Å². The molecular formula is C32H32N4O2. The first kappa shape index (κ1) is 26.4. The molecule has 6 heteroatoms. The Bertz CT molecular complexity index is 1450. The van der Waals surface area contributed by atoms with E-state index in [4.69, 9.17) is 9.84 Å². The van der Waals surface area contributed by atoms with Crippen molar-refractivity contribution in [1.82, 2.24) is 15.1 Å². The van der Waals surface area contributed by atoms with Gasteiger partial charge in [-0.1, -0.05) is 61.9 Å². The van der Waals surface area contributed by atoms with Gasteiger partial charge in [-0.3, -0.25) is 4.79 Å². The number of aryl methyl sites for hydroxylation is 1. The van der Waals surface area contributed by atoms with Gasteiger partial charge >= 0.3 is 0 Å². The minimum absolute atomic E-state index is 0.0128. The van der Waals surface area contributed by atoms with Crippen LogP contribution in [0.1, 0.15) is 49.4 Å². The van der Waals surface area contributed by atoms with E-state index in [1.807, 2.05) is 98.9 Å². The fraction of sp³-hybridized carbons (Fsp3) is 0.219. The summed E-state index contributed by atoms with van der Waals surface area (Å²) >= 11 is 0. The first-order valence-electron chi connectivity index (χ1n) is 12.9. The van der Waals surface area contributed by atoms with E-state index in [2.05, 4.69) is 18.3 Å². The van der Waals surface area contributed by atoms with Crippen LogP contribution in [0.25, 0.3) is 23.0 Å². The third-order valence-electron chi connectivity index (χ3n) is 6.29. The number of hydrogen-bond acceptors (Lipinski definition) is 4. The number of amides is 1. The number of unbranched alkanes of at least 4 members (excludes halogenated alkanes) is 1. The Morgan fingerprint density at radius 1 is 1.11 bits per heavy atom. The zero-order valence-electron chi connectivity index (χ0n) is 22.0. The third kappa shape index (κ3) is 6.37. The van der Waals surface area contributed by atoms with Crippen molar-refractivity contribution in [2.24, 2.45) is 0 Å². The molecule has 1 unspecified atom stereocenters. The summed E-state index contributed by atoms with van der Waals surface area (Å²) in [6.45, 7) is 6.72. The van der Waals surface area contributed by atoms with Crippen LogP contribution in [0, 0.1) is 18.3 Å². The Morgan fingerprint density at radius 3 is 2.47 bits per heavy atom. The molecule has 1 N–H and O–H groups in total. The standard InChI is InChI=1S/C32H32N4O2/c1-4-5-18-38-29-16-17-30(23(2)19-29)31-27(22-36(35-31)28-14-10-7-11-15-28)20-26(21-33)32(37)34-24(3)25-12-8-6-9-13-25/h6-17,19-20,22,24H,4-5,18H2,1-3H3,(H,34,37). The molecule has 0 aliphatic rings. The number of aromatic nitrogens is 2. The number of benzene rings is 3. The second-order valence-electron chi connectivity index (χ2n) is 9.17. The summed E-state index contributed by atoms with van der Waals surface area (Å²) in [6, 6.07) is 27.2. The number of hydrogen-bond donors (Lipinski definition) is 1. The van der Waals surface area contributed by atoms with Crippen LogP contribution < -0.4 is 10.1 Å². The van der Waals surface area contributed by atoms with Gasteiger partial charge in [0.15, 0.2) is 0 Å². The number of nitrogens with zero attached hydrogens (tertiary/aromatic N) is 3. The van der Waals surface area contributed by atoms with Crippen LogP contribution in [0.3, 0.4) is 0 Å². The van der Waals surface area contributed by atoms with Crippen LogP contribution in [-0.2, 0) is 4.79 Å². The average Bonchev–Trinajstić information content (AvgIpc) is 3.36. The monoisotopic (exact) mass is 504 g/mol. The molecule has 1 aromatic heterocycles. The van der Waals surface area contributed by atoms with Crippen molar-refractivity contribution in [3.8, 4) is 28.8 Å². The summed E-state index contributed by atoms with van der Waals surface area (Å²) in [4.78, 5) is 13.1. The number of carbonyl (C=O) groups excluding carboxylic acids is 1. The van der Waals surface area contributed by atoms with Crippen molar-refractivity contribution < 1.29 is 9.53 Å². The van der Waals surface area contributed by atoms with Gasteiger partial charge in [0, 0.05) is 17.3 Å². The molecule has 0 saturated heterocycles. The highest BCUT2D eigenvalue weighted by atomic mass is 16.5. The SMILES string of the molecule is CCCCOc1ccc(-c2nn(-c3ccccc3)cc2C=C(C#N)C(=O)NC(C)c2ccccc2)c(C)c1. The molecule has 0 saturated carbocycles. The Labute approximate surface area is 224 Å². The van der Waals surface area contributed by atoms with Gasteiger partial charge in [-0.15, -0.1) is 0 Å². The van der Waals surface area contributed by atoms with Gasteiger partial charge in [0.25, 0.3) is 5.91 Å². The molecule has 4 aromatic rings. The summed E-state index contributed by atoms with van der Waals surface area (Å²) in [7, 11) is 0. The van der Waals surface area contributed by atoms with Crippen LogP contribution >= 0.6 is 0 Å². The quantitative estimate of drug-likeness (QED) is 0.146. The van der Waals surface area contributed by atoms with E-state index in [1.54, 1.807) is 10.8 Å². The van der Waals surface area contributed by atoms with Crippen LogP contribution in [0.2, 0.25) is 0 Å². The Kier molecular flexibility index (Phi) is 8.73. The number of para-hydroxylation sites is 1. The first-order chi connectivity index (χ1) is 18.5. The summed E-state index contributed by atoms with van der Waals surface area (Å²) in [5.41, 5.74) is 5.12. The molecule has 3 aromatic carbocycles. The molecule has 0 aliphatic carbocycles. The summed E-state index contributed by atoms with van der Waals surface area (Å²) in [5, 5.41) is 17.7. The molecule has 0 spiro atoms. The average molecular weight is 505 g/mol. The molecule has 0 radical (unpaired) electrons. The maximum Gasteiger partial charge on any atom is 0.262 e. The summed E-state index contributed by atoms with van der Waals surface area (Å²) in [5.74, 6) is 0.380. The summed E-state index contributed by atoms with van der Waals surface area (Å²) < 4.78 is 7.65. The maximum atomic E-state index is 13.1. The van der Waals surface area contributed by atoms with Gasteiger partial charge in [0.1, 0.15) is 23.1 Å². The maximum absolute atomic E-state index is 13.1. The fourth-order valence-corrected chi connectivity index (χ4v) is 4.14.